The summed E-state index contributed by atoms with van der Waals surface area (Å²) >= 11 is 0. The molecule has 0 spiro atoms. The Balaban J connectivity index is 1.28. The fourth-order valence-corrected chi connectivity index (χ4v) is 3.88. The van der Waals surface area contributed by atoms with Crippen LogP contribution in [0, 0.1) is 0 Å². The lowest BCUT2D eigenvalue weighted by molar-refractivity contribution is 0.194. The van der Waals surface area contributed by atoms with Crippen molar-refractivity contribution < 1.29 is 0 Å². The van der Waals surface area contributed by atoms with E-state index >= 15 is 0 Å². The molecule has 2 fully saturated rings. The summed E-state index contributed by atoms with van der Waals surface area (Å²) in [5.74, 6) is 3.39. The van der Waals surface area contributed by atoms with Gasteiger partial charge in [-0.1, -0.05) is 0 Å². The summed E-state index contributed by atoms with van der Waals surface area (Å²) in [7, 11) is 3.99. The highest BCUT2D eigenvalue weighted by molar-refractivity contribution is 5.45. The lowest BCUT2D eigenvalue weighted by atomic mass is 9.96. The second-order valence-electron chi connectivity index (χ2n) is 7.85. The molecule has 1 saturated heterocycles. The molecule has 0 radical (unpaired) electrons. The number of aromatic nitrogens is 7. The molecule has 3 aromatic rings. The van der Waals surface area contributed by atoms with Gasteiger partial charge >= 0.3 is 0 Å². The van der Waals surface area contributed by atoms with Crippen molar-refractivity contribution in [3.8, 4) is 0 Å². The van der Waals surface area contributed by atoms with Gasteiger partial charge in [0.15, 0.2) is 11.5 Å². The fourth-order valence-electron chi connectivity index (χ4n) is 3.88. The largest absolute Gasteiger partial charge is 0.361 e. The molecule has 0 bridgehead atoms. The van der Waals surface area contributed by atoms with Crippen molar-refractivity contribution >= 4 is 11.5 Å². The summed E-state index contributed by atoms with van der Waals surface area (Å²) in [4.78, 5) is 4.48. The fraction of sp³-hybridized carbons (Fsp3) is 0.611. The minimum Gasteiger partial charge on any atom is -0.361 e. The van der Waals surface area contributed by atoms with Gasteiger partial charge < -0.3 is 9.47 Å². The van der Waals surface area contributed by atoms with E-state index in [9.17, 15) is 0 Å². The van der Waals surface area contributed by atoms with Gasteiger partial charge in [0.05, 0.1) is 6.54 Å². The zero-order valence-corrected chi connectivity index (χ0v) is 15.9. The number of anilines is 1. The molecule has 1 saturated carbocycles. The third-order valence-corrected chi connectivity index (χ3v) is 5.64. The lowest BCUT2D eigenvalue weighted by Crippen LogP contribution is -2.34. The van der Waals surface area contributed by atoms with Crippen LogP contribution in [-0.2, 0) is 6.54 Å². The second kappa shape index (κ2) is 6.56. The maximum Gasteiger partial charge on any atom is 0.178 e. The van der Waals surface area contributed by atoms with E-state index < -0.39 is 0 Å². The minimum atomic E-state index is 0.391. The third kappa shape index (κ3) is 3.16. The highest BCUT2D eigenvalue weighted by atomic mass is 15.4. The summed E-state index contributed by atoms with van der Waals surface area (Å²) in [5.41, 5.74) is 0.815. The SMILES string of the molecule is CN(C)c1ccc2nnc(C3CCN(Cc4nncn4C4CC4)CC3)n2n1. The Morgan fingerprint density at radius 2 is 1.85 bits per heavy atom. The highest BCUT2D eigenvalue weighted by Crippen LogP contribution is 2.35. The van der Waals surface area contributed by atoms with Crippen molar-refractivity contribution in [2.45, 2.75) is 44.2 Å². The van der Waals surface area contributed by atoms with Crippen LogP contribution in [0.25, 0.3) is 5.65 Å². The van der Waals surface area contributed by atoms with Gasteiger partial charge in [-0.15, -0.1) is 25.5 Å². The minimum absolute atomic E-state index is 0.391. The Morgan fingerprint density at radius 1 is 1.04 bits per heavy atom. The molecular weight excluding hydrogens is 342 g/mol. The number of hydrogen-bond donors (Lipinski definition) is 0. The summed E-state index contributed by atoms with van der Waals surface area (Å²) < 4.78 is 4.17. The number of fused-ring (bicyclic) bond motifs is 1. The van der Waals surface area contributed by atoms with Gasteiger partial charge in [-0.25, -0.2) is 0 Å². The Labute approximate surface area is 158 Å². The number of likely N-dealkylation sites (tertiary alicyclic amines) is 1. The van der Waals surface area contributed by atoms with Crippen LogP contribution in [0.3, 0.4) is 0 Å². The molecular formula is C18H25N9. The lowest BCUT2D eigenvalue weighted by Gasteiger charge is -2.30. The molecule has 9 nitrogen and oxygen atoms in total. The number of nitrogens with zero attached hydrogens (tertiary/aromatic N) is 9. The van der Waals surface area contributed by atoms with E-state index in [-0.39, 0.29) is 0 Å². The first-order valence-electron chi connectivity index (χ1n) is 9.69. The van der Waals surface area contributed by atoms with Crippen LogP contribution in [-0.4, -0.2) is 66.7 Å². The summed E-state index contributed by atoms with van der Waals surface area (Å²) in [6.07, 6.45) is 6.53. The van der Waals surface area contributed by atoms with Crippen LogP contribution in [0.5, 0.6) is 0 Å². The maximum absolute atomic E-state index is 4.71. The van der Waals surface area contributed by atoms with Crippen molar-refractivity contribution in [1.29, 1.82) is 0 Å². The summed E-state index contributed by atoms with van der Waals surface area (Å²) in [5, 5.41) is 21.9. The van der Waals surface area contributed by atoms with Gasteiger partial charge in [0, 0.05) is 26.1 Å². The third-order valence-electron chi connectivity index (χ3n) is 5.64. The molecule has 142 valence electrons. The topological polar surface area (TPSA) is 80.3 Å². The molecule has 3 aromatic heterocycles. The van der Waals surface area contributed by atoms with E-state index in [1.165, 1.54) is 12.8 Å². The first-order valence-corrected chi connectivity index (χ1v) is 9.69. The average molecular weight is 367 g/mol. The quantitative estimate of drug-likeness (QED) is 0.676. The van der Waals surface area contributed by atoms with Crippen molar-refractivity contribution in [3.63, 3.8) is 0 Å². The summed E-state index contributed by atoms with van der Waals surface area (Å²) in [6, 6.07) is 4.59. The van der Waals surface area contributed by atoms with Crippen LogP contribution < -0.4 is 4.90 Å². The van der Waals surface area contributed by atoms with E-state index in [0.29, 0.717) is 12.0 Å². The van der Waals surface area contributed by atoms with Crippen molar-refractivity contribution in [3.05, 3.63) is 30.1 Å². The van der Waals surface area contributed by atoms with Gasteiger partial charge in [0.2, 0.25) is 0 Å². The predicted octanol–water partition coefficient (Wildman–Crippen LogP) is 1.50. The molecule has 9 heteroatoms. The molecule has 0 atom stereocenters. The average Bonchev–Trinajstić information content (AvgIpc) is 3.27. The predicted molar refractivity (Wildman–Crippen MR) is 101 cm³/mol. The van der Waals surface area contributed by atoms with Crippen molar-refractivity contribution in [1.82, 2.24) is 39.5 Å². The van der Waals surface area contributed by atoms with Crippen LogP contribution in [0.2, 0.25) is 0 Å². The first kappa shape index (κ1) is 16.6. The van der Waals surface area contributed by atoms with Crippen LogP contribution in [0.4, 0.5) is 5.82 Å². The Kier molecular flexibility index (Phi) is 4.04. The highest BCUT2D eigenvalue weighted by Gasteiger charge is 2.29. The van der Waals surface area contributed by atoms with Gasteiger partial charge in [0.1, 0.15) is 18.0 Å². The number of rotatable bonds is 5. The molecule has 4 heterocycles. The smallest absolute Gasteiger partial charge is 0.178 e. The standard InChI is InChI=1S/C18H25N9/c1-24(2)16-6-5-15-21-22-18(27(15)23-16)13-7-9-25(10-8-13)11-17-20-19-12-26(17)14-3-4-14/h5-6,12-14H,3-4,7-11H2,1-2H3. The first-order chi connectivity index (χ1) is 13.2. The van der Waals surface area contributed by atoms with E-state index in [2.05, 4.69) is 29.9 Å². The molecule has 0 amide bonds. The molecule has 0 aromatic carbocycles. The van der Waals surface area contributed by atoms with Crippen molar-refractivity contribution in [2.75, 3.05) is 32.1 Å². The normalized spacial score (nSPS) is 19.0. The molecule has 1 aliphatic carbocycles. The van der Waals surface area contributed by atoms with E-state index in [1.807, 2.05) is 42.0 Å². The number of hydrogen-bond acceptors (Lipinski definition) is 7. The zero-order chi connectivity index (χ0) is 18.4. The molecule has 1 aliphatic heterocycles. The molecule has 2 aliphatic rings. The second-order valence-corrected chi connectivity index (χ2v) is 7.85. The van der Waals surface area contributed by atoms with Gasteiger partial charge in [-0.3, -0.25) is 4.90 Å². The Hall–Kier alpha value is -2.55. The van der Waals surface area contributed by atoms with E-state index in [0.717, 1.165) is 55.6 Å². The van der Waals surface area contributed by atoms with Crippen LogP contribution in [0.1, 0.15) is 49.3 Å². The van der Waals surface area contributed by atoms with Crippen LogP contribution in [0.15, 0.2) is 18.5 Å². The van der Waals surface area contributed by atoms with Gasteiger partial charge in [-0.2, -0.15) is 4.52 Å². The Morgan fingerprint density at radius 3 is 2.59 bits per heavy atom. The molecule has 0 N–H and O–H groups in total. The van der Waals surface area contributed by atoms with E-state index in [1.54, 1.807) is 0 Å². The molecule has 0 unspecified atom stereocenters. The zero-order valence-electron chi connectivity index (χ0n) is 15.9. The van der Waals surface area contributed by atoms with Crippen LogP contribution >= 0.6 is 0 Å². The Bertz CT molecular complexity index is 931. The summed E-state index contributed by atoms with van der Waals surface area (Å²) in [6.45, 7) is 2.95. The molecule has 5 rings (SSSR count). The van der Waals surface area contributed by atoms with Gasteiger partial charge in [-0.05, 0) is 50.9 Å². The van der Waals surface area contributed by atoms with E-state index in [4.69, 9.17) is 5.10 Å². The number of piperidine rings is 1. The monoisotopic (exact) mass is 367 g/mol. The molecule has 27 heavy (non-hydrogen) atoms. The van der Waals surface area contributed by atoms with Crippen molar-refractivity contribution in [2.24, 2.45) is 0 Å². The maximum atomic E-state index is 4.71. The van der Waals surface area contributed by atoms with Gasteiger partial charge in [0.25, 0.3) is 0 Å².